The van der Waals surface area contributed by atoms with Gasteiger partial charge in [-0.2, -0.15) is 0 Å². The molecule has 10 heavy (non-hydrogen) atoms. The van der Waals surface area contributed by atoms with Crippen LogP contribution in [-0.2, 0) is 4.79 Å². The lowest BCUT2D eigenvalue weighted by atomic mass is 10.3. The molecule has 0 saturated heterocycles. The number of carbonyl (C=O) groups excluding carboxylic acids is 1. The number of aliphatic imine (C=N–C) groups is 1. The van der Waals surface area contributed by atoms with Crippen molar-refractivity contribution in [1.82, 2.24) is 0 Å². The van der Waals surface area contributed by atoms with Gasteiger partial charge in [0.2, 0.25) is 0 Å². The van der Waals surface area contributed by atoms with E-state index in [1.807, 2.05) is 0 Å². The lowest BCUT2D eigenvalue weighted by molar-refractivity contribution is -0.115. The van der Waals surface area contributed by atoms with Gasteiger partial charge in [-0.3, -0.25) is 4.79 Å². The molecule has 0 atom stereocenters. The fourth-order valence-electron chi connectivity index (χ4n) is 0.336. The van der Waals surface area contributed by atoms with Crippen LogP contribution in [0, 0.1) is 0 Å². The predicted octanol–water partition coefficient (Wildman–Crippen LogP) is 2.14. The highest BCUT2D eigenvalue weighted by Gasteiger charge is 1.86. The standard InChI is InChI=1S/C7H10ClNO/c1-3-7(8)9-5-4-6(2)10/h3,5H,4H2,1-2H3/b7-3-,9-5-. The van der Waals surface area contributed by atoms with Crippen molar-refractivity contribution in [2.75, 3.05) is 0 Å². The summed E-state index contributed by atoms with van der Waals surface area (Å²) in [5.74, 6) is 0.0873. The minimum atomic E-state index is 0.0873. The van der Waals surface area contributed by atoms with Crippen LogP contribution in [0.3, 0.4) is 0 Å². The van der Waals surface area contributed by atoms with E-state index >= 15 is 0 Å². The second-order valence-corrected chi connectivity index (χ2v) is 2.22. The Morgan fingerprint density at radius 2 is 2.30 bits per heavy atom. The van der Waals surface area contributed by atoms with Crippen molar-refractivity contribution < 1.29 is 4.79 Å². The molecule has 2 nitrogen and oxygen atoms in total. The number of allylic oxidation sites excluding steroid dienone is 1. The molecule has 56 valence electrons. The summed E-state index contributed by atoms with van der Waals surface area (Å²) in [7, 11) is 0. The Labute approximate surface area is 65.6 Å². The highest BCUT2D eigenvalue weighted by atomic mass is 35.5. The Kier molecular flexibility index (Phi) is 4.85. The van der Waals surface area contributed by atoms with Crippen molar-refractivity contribution in [2.24, 2.45) is 4.99 Å². The van der Waals surface area contributed by atoms with E-state index in [0.29, 0.717) is 11.6 Å². The second kappa shape index (κ2) is 5.18. The zero-order valence-electron chi connectivity index (χ0n) is 6.10. The maximum absolute atomic E-state index is 10.4. The summed E-state index contributed by atoms with van der Waals surface area (Å²) in [5.41, 5.74) is 0. The topological polar surface area (TPSA) is 29.4 Å². The molecular formula is C7H10ClNO. The molecule has 0 aromatic rings. The number of rotatable bonds is 3. The van der Waals surface area contributed by atoms with Gasteiger partial charge in [0.15, 0.2) is 0 Å². The van der Waals surface area contributed by atoms with E-state index in [-0.39, 0.29) is 5.78 Å². The van der Waals surface area contributed by atoms with Crippen molar-refractivity contribution in [3.63, 3.8) is 0 Å². The maximum Gasteiger partial charge on any atom is 0.135 e. The van der Waals surface area contributed by atoms with E-state index in [9.17, 15) is 4.79 Å². The molecule has 0 fully saturated rings. The second-order valence-electron chi connectivity index (χ2n) is 1.83. The smallest absolute Gasteiger partial charge is 0.135 e. The van der Waals surface area contributed by atoms with Crippen LogP contribution in [0.25, 0.3) is 0 Å². The Balaban J connectivity index is 3.67. The van der Waals surface area contributed by atoms with Gasteiger partial charge < -0.3 is 0 Å². The van der Waals surface area contributed by atoms with Crippen LogP contribution in [-0.4, -0.2) is 12.0 Å². The zero-order chi connectivity index (χ0) is 7.98. The van der Waals surface area contributed by atoms with E-state index in [1.54, 1.807) is 13.0 Å². The minimum Gasteiger partial charge on any atom is -0.300 e. The van der Waals surface area contributed by atoms with Gasteiger partial charge in [0.1, 0.15) is 10.9 Å². The Bertz CT molecular complexity index is 172. The molecule has 0 spiro atoms. The highest BCUT2D eigenvalue weighted by molar-refractivity contribution is 6.29. The molecule has 0 N–H and O–H groups in total. The van der Waals surface area contributed by atoms with Crippen LogP contribution in [0.1, 0.15) is 20.3 Å². The van der Waals surface area contributed by atoms with Gasteiger partial charge in [0.25, 0.3) is 0 Å². The van der Waals surface area contributed by atoms with Crippen LogP contribution in [0.15, 0.2) is 16.2 Å². The number of hydrogen-bond donors (Lipinski definition) is 0. The summed E-state index contributed by atoms with van der Waals surface area (Å²) in [6, 6.07) is 0. The van der Waals surface area contributed by atoms with Gasteiger partial charge in [-0.15, -0.1) is 0 Å². The number of halogens is 1. The number of carbonyl (C=O) groups is 1. The van der Waals surface area contributed by atoms with E-state index in [1.165, 1.54) is 13.1 Å². The number of ketones is 1. The van der Waals surface area contributed by atoms with Gasteiger partial charge in [-0.1, -0.05) is 17.7 Å². The molecule has 0 radical (unpaired) electrons. The first-order valence-corrected chi connectivity index (χ1v) is 3.38. The number of nitrogens with zero attached hydrogens (tertiary/aromatic N) is 1. The summed E-state index contributed by atoms with van der Waals surface area (Å²) < 4.78 is 0. The molecule has 0 aromatic heterocycles. The molecule has 0 saturated carbocycles. The van der Waals surface area contributed by atoms with Crippen LogP contribution in [0.4, 0.5) is 0 Å². The number of Topliss-reactive ketones (excluding diaryl/α,β-unsaturated/α-hetero) is 1. The monoisotopic (exact) mass is 159 g/mol. The Morgan fingerprint density at radius 3 is 2.70 bits per heavy atom. The summed E-state index contributed by atoms with van der Waals surface area (Å²) >= 11 is 5.50. The van der Waals surface area contributed by atoms with Gasteiger partial charge in [-0.05, 0) is 13.8 Å². The normalized spacial score (nSPS) is 12.5. The van der Waals surface area contributed by atoms with E-state index in [4.69, 9.17) is 11.6 Å². The molecule has 0 heterocycles. The quantitative estimate of drug-likeness (QED) is 0.458. The third-order valence-electron chi connectivity index (χ3n) is 0.832. The van der Waals surface area contributed by atoms with Crippen molar-refractivity contribution >= 4 is 23.6 Å². The molecule has 3 heteroatoms. The Morgan fingerprint density at radius 1 is 1.70 bits per heavy atom. The molecule has 0 aromatic carbocycles. The summed E-state index contributed by atoms with van der Waals surface area (Å²) in [6.45, 7) is 3.29. The lowest BCUT2D eigenvalue weighted by Gasteiger charge is -1.84. The third kappa shape index (κ3) is 5.51. The third-order valence-corrected chi connectivity index (χ3v) is 1.15. The van der Waals surface area contributed by atoms with Crippen molar-refractivity contribution in [3.8, 4) is 0 Å². The molecule has 0 amide bonds. The van der Waals surface area contributed by atoms with Crippen molar-refractivity contribution in [3.05, 3.63) is 11.2 Å². The van der Waals surface area contributed by atoms with Crippen LogP contribution >= 0.6 is 11.6 Å². The van der Waals surface area contributed by atoms with Crippen LogP contribution < -0.4 is 0 Å². The fourth-order valence-corrected chi connectivity index (χ4v) is 0.405. The summed E-state index contributed by atoms with van der Waals surface area (Å²) in [5, 5.41) is 0.418. The summed E-state index contributed by atoms with van der Waals surface area (Å²) in [4.78, 5) is 14.1. The molecule has 0 rings (SSSR count). The molecule has 0 bridgehead atoms. The highest BCUT2D eigenvalue weighted by Crippen LogP contribution is 2.00. The molecular weight excluding hydrogens is 150 g/mol. The van der Waals surface area contributed by atoms with E-state index < -0.39 is 0 Å². The SMILES string of the molecule is C/C=C(Cl)\N=C/CC(C)=O. The Hall–Kier alpha value is -0.630. The predicted molar refractivity (Wildman–Crippen MR) is 43.4 cm³/mol. The first-order valence-electron chi connectivity index (χ1n) is 3.00. The largest absolute Gasteiger partial charge is 0.300 e. The van der Waals surface area contributed by atoms with Gasteiger partial charge in [0, 0.05) is 12.6 Å². The zero-order valence-corrected chi connectivity index (χ0v) is 6.85. The number of hydrogen-bond acceptors (Lipinski definition) is 2. The lowest BCUT2D eigenvalue weighted by Crippen LogP contribution is -1.88. The van der Waals surface area contributed by atoms with Gasteiger partial charge in [-0.25, -0.2) is 4.99 Å². The summed E-state index contributed by atoms with van der Waals surface area (Å²) in [6.07, 6.45) is 3.52. The first kappa shape index (κ1) is 9.37. The van der Waals surface area contributed by atoms with Crippen molar-refractivity contribution in [2.45, 2.75) is 20.3 Å². The van der Waals surface area contributed by atoms with E-state index in [2.05, 4.69) is 4.99 Å². The van der Waals surface area contributed by atoms with Crippen molar-refractivity contribution in [1.29, 1.82) is 0 Å². The fraction of sp³-hybridized carbons (Fsp3) is 0.429. The van der Waals surface area contributed by atoms with Crippen LogP contribution in [0.2, 0.25) is 0 Å². The van der Waals surface area contributed by atoms with Gasteiger partial charge in [0.05, 0.1) is 0 Å². The average Bonchev–Trinajstić information content (AvgIpc) is 1.87. The maximum atomic E-state index is 10.4. The molecule has 0 unspecified atom stereocenters. The molecule has 0 aliphatic rings. The first-order chi connectivity index (χ1) is 4.66. The molecule has 0 aliphatic carbocycles. The van der Waals surface area contributed by atoms with Gasteiger partial charge >= 0.3 is 0 Å². The average molecular weight is 160 g/mol. The van der Waals surface area contributed by atoms with Crippen LogP contribution in [0.5, 0.6) is 0 Å². The minimum absolute atomic E-state index is 0.0873. The van der Waals surface area contributed by atoms with E-state index in [0.717, 1.165) is 0 Å². The molecule has 0 aliphatic heterocycles.